The Morgan fingerprint density at radius 1 is 1.23 bits per heavy atom. The van der Waals surface area contributed by atoms with Gasteiger partial charge in [0.25, 0.3) is 5.91 Å². The second-order valence-corrected chi connectivity index (χ2v) is 13.1. The lowest BCUT2D eigenvalue weighted by Crippen LogP contribution is -2.55. The molecule has 4 aliphatic rings. The SMILES string of the molecule is C=C(F)C(=O)N1CCN(c2nc(OC)nc3c2CCC(CCc2ccccc2Cl)C3P)CC1CC#N.FC1CC2CCN2C1. The lowest BCUT2D eigenvalue weighted by atomic mass is 9.82. The van der Waals surface area contributed by atoms with Gasteiger partial charge in [-0.1, -0.05) is 36.4 Å². The maximum Gasteiger partial charge on any atom is 0.318 e. The van der Waals surface area contributed by atoms with Crippen LogP contribution >= 0.6 is 20.8 Å². The molecule has 0 radical (unpaired) electrons. The first-order valence-electron chi connectivity index (χ1n) is 15.3. The number of hydrogen-bond acceptors (Lipinski definition) is 7. The van der Waals surface area contributed by atoms with Crippen LogP contribution in [-0.2, 0) is 17.6 Å². The first-order valence-corrected chi connectivity index (χ1v) is 16.3. The van der Waals surface area contributed by atoms with Crippen LogP contribution in [0.5, 0.6) is 6.01 Å². The number of ether oxygens (including phenoxy) is 1. The summed E-state index contributed by atoms with van der Waals surface area (Å²) in [6.07, 6.45) is 5.30. The van der Waals surface area contributed by atoms with Crippen molar-refractivity contribution in [1.29, 1.82) is 5.26 Å². The van der Waals surface area contributed by atoms with E-state index in [-0.39, 0.29) is 24.6 Å². The molecule has 0 spiro atoms. The van der Waals surface area contributed by atoms with Gasteiger partial charge in [0.2, 0.25) is 0 Å². The molecule has 1 aliphatic carbocycles. The zero-order chi connectivity index (χ0) is 31.4. The van der Waals surface area contributed by atoms with Gasteiger partial charge in [-0.15, -0.1) is 9.24 Å². The van der Waals surface area contributed by atoms with Crippen molar-refractivity contribution in [2.24, 2.45) is 5.92 Å². The number of amides is 1. The van der Waals surface area contributed by atoms with E-state index in [0.717, 1.165) is 66.3 Å². The Kier molecular flexibility index (Phi) is 10.7. The molecule has 0 N–H and O–H groups in total. The van der Waals surface area contributed by atoms with E-state index < -0.39 is 23.9 Å². The summed E-state index contributed by atoms with van der Waals surface area (Å²) in [5.41, 5.74) is 3.29. The van der Waals surface area contributed by atoms with Gasteiger partial charge in [0.05, 0.1) is 31.3 Å². The third kappa shape index (κ3) is 7.17. The number of benzene rings is 1. The number of nitriles is 1. The summed E-state index contributed by atoms with van der Waals surface area (Å²) in [6, 6.07) is 10.5. The van der Waals surface area contributed by atoms with Crippen LogP contribution in [0.25, 0.3) is 0 Å². The Bertz CT molecular complexity index is 1400. The average molecular weight is 645 g/mol. The molecule has 44 heavy (non-hydrogen) atoms. The molecule has 3 fully saturated rings. The zero-order valence-corrected chi connectivity index (χ0v) is 27.0. The number of aryl methyl sites for hydroxylation is 1. The van der Waals surface area contributed by atoms with Gasteiger partial charge in [0.1, 0.15) is 12.0 Å². The minimum absolute atomic E-state index is 0.0936. The van der Waals surface area contributed by atoms with Gasteiger partial charge >= 0.3 is 6.01 Å². The van der Waals surface area contributed by atoms with Crippen LogP contribution < -0.4 is 9.64 Å². The molecule has 2 aromatic rings. The summed E-state index contributed by atoms with van der Waals surface area (Å²) in [5, 5.41) is 10.1. The number of anilines is 1. The van der Waals surface area contributed by atoms with E-state index in [1.54, 1.807) is 7.11 Å². The maximum absolute atomic E-state index is 13.6. The number of carbonyl (C=O) groups is 1. The predicted molar refractivity (Wildman–Crippen MR) is 170 cm³/mol. The monoisotopic (exact) mass is 644 g/mol. The highest BCUT2D eigenvalue weighted by Gasteiger charge is 2.38. The van der Waals surface area contributed by atoms with Gasteiger partial charge in [-0.05, 0) is 56.1 Å². The van der Waals surface area contributed by atoms with Crippen LogP contribution in [-0.4, -0.2) is 83.8 Å². The van der Waals surface area contributed by atoms with Crippen molar-refractivity contribution in [3.63, 3.8) is 0 Å². The molecule has 0 saturated carbocycles. The van der Waals surface area contributed by atoms with Crippen molar-refractivity contribution in [1.82, 2.24) is 19.8 Å². The van der Waals surface area contributed by atoms with Crippen LogP contribution in [0.3, 0.4) is 0 Å². The predicted octanol–water partition coefficient (Wildman–Crippen LogP) is 5.47. The molecule has 6 rings (SSSR count). The van der Waals surface area contributed by atoms with Gasteiger partial charge in [-0.25, -0.2) is 8.78 Å². The van der Waals surface area contributed by atoms with E-state index in [2.05, 4.69) is 42.7 Å². The summed E-state index contributed by atoms with van der Waals surface area (Å²) in [4.78, 5) is 27.4. The van der Waals surface area contributed by atoms with Crippen molar-refractivity contribution in [3.8, 4) is 12.1 Å². The molecular formula is C32H40ClF2N6O2P. The van der Waals surface area contributed by atoms with Crippen LogP contribution in [0.15, 0.2) is 36.7 Å². The fourth-order valence-corrected chi connectivity index (χ4v) is 7.70. The fourth-order valence-electron chi connectivity index (χ4n) is 6.81. The minimum Gasteiger partial charge on any atom is -0.467 e. The molecule has 4 heterocycles. The normalized spacial score (nSPS) is 26.0. The zero-order valence-electron chi connectivity index (χ0n) is 25.1. The number of hydrogen-bond donors (Lipinski definition) is 0. The van der Waals surface area contributed by atoms with E-state index in [0.29, 0.717) is 31.6 Å². The highest BCUT2D eigenvalue weighted by Crippen LogP contribution is 2.45. The summed E-state index contributed by atoms with van der Waals surface area (Å²) in [7, 11) is 4.50. The van der Waals surface area contributed by atoms with Gasteiger partial charge in [0, 0.05) is 55.0 Å². The number of nitrogens with zero attached hydrogens (tertiary/aromatic N) is 6. The van der Waals surface area contributed by atoms with E-state index >= 15 is 0 Å². The highest BCUT2D eigenvalue weighted by atomic mass is 35.5. The molecule has 0 bridgehead atoms. The molecule has 6 atom stereocenters. The molecule has 3 saturated heterocycles. The Hall–Kier alpha value is -2.86. The van der Waals surface area contributed by atoms with Gasteiger partial charge in [-0.3, -0.25) is 9.69 Å². The van der Waals surface area contributed by atoms with Gasteiger partial charge < -0.3 is 14.5 Å². The first kappa shape index (κ1) is 32.5. The fraction of sp³-hybridized carbons (Fsp3) is 0.562. The third-order valence-corrected chi connectivity index (χ3v) is 10.6. The lowest BCUT2D eigenvalue weighted by Gasteiger charge is -2.42. The first-order chi connectivity index (χ1) is 21.2. The van der Waals surface area contributed by atoms with Crippen molar-refractivity contribution in [2.45, 2.75) is 68.9 Å². The van der Waals surface area contributed by atoms with Gasteiger partial charge in [0.15, 0.2) is 5.83 Å². The molecule has 6 unspecified atom stereocenters. The second-order valence-electron chi connectivity index (χ2n) is 12.0. The average Bonchev–Trinajstić information content (AvgIpc) is 3.27. The number of aromatic nitrogens is 2. The third-order valence-electron chi connectivity index (χ3n) is 9.34. The number of piperazine rings is 1. The van der Waals surface area contributed by atoms with E-state index in [1.807, 2.05) is 18.2 Å². The topological polar surface area (TPSA) is 85.6 Å². The second kappa shape index (κ2) is 14.5. The van der Waals surface area contributed by atoms with Crippen molar-refractivity contribution >= 4 is 32.6 Å². The quantitative estimate of drug-likeness (QED) is 0.292. The van der Waals surface area contributed by atoms with E-state index in [4.69, 9.17) is 21.3 Å². The number of carbonyl (C=O) groups excluding carboxylic acids is 1. The number of alkyl halides is 1. The van der Waals surface area contributed by atoms with Crippen LogP contribution in [0, 0.1) is 17.2 Å². The lowest BCUT2D eigenvalue weighted by molar-refractivity contribution is -0.131. The largest absolute Gasteiger partial charge is 0.467 e. The number of halogens is 3. The Balaban J connectivity index is 0.000000410. The van der Waals surface area contributed by atoms with Crippen molar-refractivity contribution in [2.75, 3.05) is 44.7 Å². The molecule has 1 aromatic carbocycles. The molecule has 1 amide bonds. The Labute approximate surface area is 265 Å². The molecule has 236 valence electrons. The van der Waals surface area contributed by atoms with Crippen LogP contribution in [0.4, 0.5) is 14.6 Å². The standard InChI is InChI=1S/C26H30ClFN5O2P.C6H10FN/c1-16(28)25(34)33-14-13-32(15-19(33)11-12-29)24-20-10-9-18(8-7-17-5-3-4-6-21(17)27)23(36)22(20)30-26(31-24)35-2;7-5-3-6-1-2-8(6)4-5/h3-6,18-19,23H,1,7-11,13-15,36H2,2H3;5-6H,1-4H2. The van der Waals surface area contributed by atoms with Crippen LogP contribution in [0.2, 0.25) is 5.02 Å². The Morgan fingerprint density at radius 2 is 2.02 bits per heavy atom. The smallest absolute Gasteiger partial charge is 0.318 e. The van der Waals surface area contributed by atoms with Gasteiger partial charge in [-0.2, -0.15) is 15.2 Å². The Morgan fingerprint density at radius 3 is 2.64 bits per heavy atom. The summed E-state index contributed by atoms with van der Waals surface area (Å²) in [6.45, 7) is 6.11. The summed E-state index contributed by atoms with van der Waals surface area (Å²) >= 11 is 6.37. The molecule has 3 aliphatic heterocycles. The molecular weight excluding hydrogens is 605 g/mol. The maximum atomic E-state index is 13.6. The highest BCUT2D eigenvalue weighted by molar-refractivity contribution is 7.17. The summed E-state index contributed by atoms with van der Waals surface area (Å²) in [5.74, 6) is -0.602. The molecule has 1 aromatic heterocycles. The number of fused-ring (bicyclic) bond motifs is 2. The molecule has 12 heteroatoms. The minimum atomic E-state index is -1.01. The van der Waals surface area contributed by atoms with E-state index in [9.17, 15) is 18.8 Å². The van der Waals surface area contributed by atoms with Crippen molar-refractivity contribution < 1.29 is 18.3 Å². The van der Waals surface area contributed by atoms with E-state index in [1.165, 1.54) is 11.3 Å². The van der Waals surface area contributed by atoms with Crippen molar-refractivity contribution in [3.05, 3.63) is 58.5 Å². The number of rotatable bonds is 7. The number of methoxy groups -OCH3 is 1. The van der Waals surface area contributed by atoms with Crippen LogP contribution in [0.1, 0.15) is 54.6 Å². The summed E-state index contributed by atoms with van der Waals surface area (Å²) < 4.78 is 31.5. The molecule has 8 nitrogen and oxygen atoms in total.